The van der Waals surface area contributed by atoms with Crippen LogP contribution in [0, 0.1) is 17.3 Å². The van der Waals surface area contributed by atoms with E-state index in [1.807, 2.05) is 6.92 Å². The van der Waals surface area contributed by atoms with Gasteiger partial charge < -0.3 is 5.11 Å². The third-order valence-electron chi connectivity index (χ3n) is 5.29. The summed E-state index contributed by atoms with van der Waals surface area (Å²) in [6, 6.07) is 0. The Morgan fingerprint density at radius 1 is 1.38 bits per heavy atom. The molecule has 0 amide bonds. The lowest BCUT2D eigenvalue weighted by Crippen LogP contribution is -2.50. The summed E-state index contributed by atoms with van der Waals surface area (Å²) < 4.78 is 0. The van der Waals surface area contributed by atoms with E-state index in [9.17, 15) is 5.11 Å². The van der Waals surface area contributed by atoms with Crippen molar-refractivity contribution in [2.45, 2.75) is 65.4 Å². The molecule has 1 heteroatoms. The molecule has 0 heterocycles. The zero-order chi connectivity index (χ0) is 12.0. The van der Waals surface area contributed by atoms with Crippen molar-refractivity contribution in [1.29, 1.82) is 0 Å². The van der Waals surface area contributed by atoms with E-state index in [1.165, 1.54) is 24.8 Å². The van der Waals surface area contributed by atoms with Gasteiger partial charge in [-0.2, -0.15) is 0 Å². The van der Waals surface area contributed by atoms with Crippen LogP contribution in [0.25, 0.3) is 0 Å². The molecule has 0 aromatic rings. The summed E-state index contributed by atoms with van der Waals surface area (Å²) in [4.78, 5) is 0. The molecule has 0 unspecified atom stereocenters. The molecular weight excluding hydrogens is 196 g/mol. The maximum atomic E-state index is 10.7. The molecule has 0 spiro atoms. The van der Waals surface area contributed by atoms with E-state index < -0.39 is 5.60 Å². The van der Waals surface area contributed by atoms with Crippen LogP contribution in [0.15, 0.2) is 11.6 Å². The Kier molecular flexibility index (Phi) is 2.94. The second kappa shape index (κ2) is 3.87. The molecule has 0 aromatic heterocycles. The van der Waals surface area contributed by atoms with Gasteiger partial charge in [-0.15, -0.1) is 0 Å². The maximum absolute atomic E-state index is 10.7. The van der Waals surface area contributed by atoms with Crippen LogP contribution in [0.2, 0.25) is 0 Å². The minimum absolute atomic E-state index is 0.0401. The Morgan fingerprint density at radius 2 is 2.06 bits per heavy atom. The smallest absolute Gasteiger partial charge is 0.0710 e. The molecule has 2 aliphatic rings. The van der Waals surface area contributed by atoms with Crippen LogP contribution in [-0.2, 0) is 0 Å². The van der Waals surface area contributed by atoms with Gasteiger partial charge in [0, 0.05) is 5.41 Å². The van der Waals surface area contributed by atoms with Gasteiger partial charge in [0.15, 0.2) is 0 Å². The highest BCUT2D eigenvalue weighted by Gasteiger charge is 2.50. The molecule has 3 atom stereocenters. The number of allylic oxidation sites excluding steroid dienone is 1. The molecule has 16 heavy (non-hydrogen) atoms. The van der Waals surface area contributed by atoms with Gasteiger partial charge in [0.1, 0.15) is 0 Å². The molecule has 0 aromatic carbocycles. The summed E-state index contributed by atoms with van der Waals surface area (Å²) in [5.41, 5.74) is 1.07. The first kappa shape index (κ1) is 12.2. The van der Waals surface area contributed by atoms with E-state index in [2.05, 4.69) is 26.8 Å². The molecular formula is C15H26O. The third kappa shape index (κ3) is 1.73. The summed E-state index contributed by atoms with van der Waals surface area (Å²) in [6.45, 7) is 8.95. The lowest BCUT2D eigenvalue weighted by molar-refractivity contribution is -0.0797. The number of fused-ring (bicyclic) bond motifs is 1. The molecule has 92 valence electrons. The van der Waals surface area contributed by atoms with Crippen LogP contribution in [0.5, 0.6) is 0 Å². The van der Waals surface area contributed by atoms with Crippen molar-refractivity contribution < 1.29 is 5.11 Å². The fraction of sp³-hybridized carbons (Fsp3) is 0.867. The number of hydrogen-bond donors (Lipinski definition) is 1. The third-order valence-corrected chi connectivity index (χ3v) is 5.29. The maximum Gasteiger partial charge on any atom is 0.0710 e. The Labute approximate surface area is 99.9 Å². The van der Waals surface area contributed by atoms with Crippen molar-refractivity contribution in [1.82, 2.24) is 0 Å². The van der Waals surface area contributed by atoms with Gasteiger partial charge in [-0.3, -0.25) is 0 Å². The molecule has 1 fully saturated rings. The van der Waals surface area contributed by atoms with Crippen molar-refractivity contribution in [3.8, 4) is 0 Å². The van der Waals surface area contributed by atoms with Crippen LogP contribution in [0.1, 0.15) is 59.8 Å². The first-order valence-corrected chi connectivity index (χ1v) is 6.79. The minimum atomic E-state index is -0.495. The van der Waals surface area contributed by atoms with Crippen LogP contribution in [0.4, 0.5) is 0 Å². The summed E-state index contributed by atoms with van der Waals surface area (Å²) in [5.74, 6) is 1.48. The van der Waals surface area contributed by atoms with Crippen LogP contribution in [-0.4, -0.2) is 10.7 Å². The summed E-state index contributed by atoms with van der Waals surface area (Å²) in [7, 11) is 0. The van der Waals surface area contributed by atoms with Crippen molar-refractivity contribution in [2.75, 3.05) is 0 Å². The van der Waals surface area contributed by atoms with E-state index in [-0.39, 0.29) is 5.41 Å². The zero-order valence-electron chi connectivity index (χ0n) is 11.2. The van der Waals surface area contributed by atoms with Crippen LogP contribution in [0.3, 0.4) is 0 Å². The molecule has 2 aliphatic carbocycles. The molecule has 1 nitrogen and oxygen atoms in total. The predicted molar refractivity (Wildman–Crippen MR) is 68.2 cm³/mol. The zero-order valence-corrected chi connectivity index (χ0v) is 11.2. The highest BCUT2D eigenvalue weighted by Crippen LogP contribution is 2.54. The number of rotatable bonds is 1. The van der Waals surface area contributed by atoms with Gasteiger partial charge in [0.2, 0.25) is 0 Å². The highest BCUT2D eigenvalue weighted by atomic mass is 16.3. The number of hydrogen-bond acceptors (Lipinski definition) is 1. The summed E-state index contributed by atoms with van der Waals surface area (Å²) in [6.07, 6.45) is 8.15. The molecule has 2 rings (SSSR count). The predicted octanol–water partition coefficient (Wildman–Crippen LogP) is 3.92. The Hall–Kier alpha value is -0.300. The van der Waals surface area contributed by atoms with E-state index in [0.717, 1.165) is 24.7 Å². The fourth-order valence-corrected chi connectivity index (χ4v) is 3.61. The SMILES string of the molecule is CC(C)[C@@H]1CC=C2CCC[C@@](C)(O)[C@]2(C)C1. The molecule has 1 saturated carbocycles. The second-order valence-corrected chi connectivity index (χ2v) is 6.63. The fourth-order valence-electron chi connectivity index (χ4n) is 3.61. The lowest BCUT2D eigenvalue weighted by Gasteiger charge is -2.52. The first-order chi connectivity index (χ1) is 7.37. The minimum Gasteiger partial charge on any atom is -0.389 e. The average Bonchev–Trinajstić information content (AvgIpc) is 2.18. The van der Waals surface area contributed by atoms with Gasteiger partial charge in [0.05, 0.1) is 5.60 Å². The van der Waals surface area contributed by atoms with Gasteiger partial charge in [-0.05, 0) is 50.9 Å². The van der Waals surface area contributed by atoms with Gasteiger partial charge in [-0.1, -0.05) is 32.4 Å². The average molecular weight is 222 g/mol. The monoisotopic (exact) mass is 222 g/mol. The van der Waals surface area contributed by atoms with E-state index in [1.54, 1.807) is 0 Å². The lowest BCUT2D eigenvalue weighted by atomic mass is 9.55. The first-order valence-electron chi connectivity index (χ1n) is 6.79. The van der Waals surface area contributed by atoms with Crippen LogP contribution < -0.4 is 0 Å². The van der Waals surface area contributed by atoms with Gasteiger partial charge in [-0.25, -0.2) is 0 Å². The van der Waals surface area contributed by atoms with Crippen molar-refractivity contribution in [3.63, 3.8) is 0 Å². The van der Waals surface area contributed by atoms with Gasteiger partial charge >= 0.3 is 0 Å². The largest absolute Gasteiger partial charge is 0.389 e. The Balaban J connectivity index is 2.31. The van der Waals surface area contributed by atoms with Crippen molar-refractivity contribution in [3.05, 3.63) is 11.6 Å². The molecule has 0 bridgehead atoms. The van der Waals surface area contributed by atoms with E-state index in [0.29, 0.717) is 0 Å². The molecule has 0 radical (unpaired) electrons. The normalized spacial score (nSPS) is 44.1. The highest BCUT2D eigenvalue weighted by molar-refractivity contribution is 5.25. The quantitative estimate of drug-likeness (QED) is 0.667. The van der Waals surface area contributed by atoms with E-state index >= 15 is 0 Å². The molecule has 0 saturated heterocycles. The van der Waals surface area contributed by atoms with Gasteiger partial charge in [0.25, 0.3) is 0 Å². The Bertz CT molecular complexity index is 301. The molecule has 1 N–H and O–H groups in total. The topological polar surface area (TPSA) is 20.2 Å². The van der Waals surface area contributed by atoms with Crippen molar-refractivity contribution in [2.24, 2.45) is 17.3 Å². The molecule has 0 aliphatic heterocycles. The van der Waals surface area contributed by atoms with Crippen molar-refractivity contribution >= 4 is 0 Å². The number of aliphatic hydroxyl groups is 1. The van der Waals surface area contributed by atoms with E-state index in [4.69, 9.17) is 0 Å². The summed E-state index contributed by atoms with van der Waals surface area (Å²) >= 11 is 0. The standard InChI is InChI=1S/C15H26O/c1-11(2)12-7-8-13-6-5-9-15(4,16)14(13,3)10-12/h8,11-12,16H,5-7,9-10H2,1-4H3/t12-,14-,15-/m1/s1. The van der Waals surface area contributed by atoms with Crippen LogP contribution >= 0.6 is 0 Å². The second-order valence-electron chi connectivity index (χ2n) is 6.63. The Morgan fingerprint density at radius 3 is 2.69 bits per heavy atom. The summed E-state index contributed by atoms with van der Waals surface area (Å²) in [5, 5.41) is 10.7.